The van der Waals surface area contributed by atoms with Gasteiger partial charge in [0.25, 0.3) is 0 Å². The lowest BCUT2D eigenvalue weighted by atomic mass is 10.1. The molecule has 118 valence electrons. The Balaban J connectivity index is 2.15. The molecule has 1 aromatic carbocycles. The van der Waals surface area contributed by atoms with Gasteiger partial charge in [0.05, 0.1) is 0 Å². The van der Waals surface area contributed by atoms with Crippen molar-refractivity contribution >= 4 is 17.3 Å². The van der Waals surface area contributed by atoms with Gasteiger partial charge in [-0.05, 0) is 62.8 Å². The zero-order valence-electron chi connectivity index (χ0n) is 13.8. The van der Waals surface area contributed by atoms with Crippen LogP contribution in [0.3, 0.4) is 0 Å². The molecule has 0 heterocycles. The van der Waals surface area contributed by atoms with E-state index >= 15 is 0 Å². The Kier molecular flexibility index (Phi) is 5.95. The smallest absolute Gasteiger partial charge is 0.0429 e. The number of hydrogen-bond acceptors (Lipinski definition) is 2. The summed E-state index contributed by atoms with van der Waals surface area (Å²) in [6.07, 6.45) is 2.76. The molecule has 0 radical (unpaired) electrons. The second kappa shape index (κ2) is 7.51. The summed E-state index contributed by atoms with van der Waals surface area (Å²) in [6, 6.07) is 6.82. The molecule has 1 aliphatic rings. The highest BCUT2D eigenvalue weighted by molar-refractivity contribution is 6.30. The molecule has 1 saturated carbocycles. The molecular weight excluding hydrogens is 280 g/mol. The minimum absolute atomic E-state index is 0.507. The first-order valence-corrected chi connectivity index (χ1v) is 8.61. The molecule has 0 amide bonds. The van der Waals surface area contributed by atoms with Crippen LogP contribution in [0.2, 0.25) is 5.02 Å². The summed E-state index contributed by atoms with van der Waals surface area (Å²) in [6.45, 7) is 12.1. The maximum Gasteiger partial charge on any atom is 0.0429 e. The van der Waals surface area contributed by atoms with Gasteiger partial charge in [-0.1, -0.05) is 31.5 Å². The van der Waals surface area contributed by atoms with E-state index < -0.39 is 0 Å². The summed E-state index contributed by atoms with van der Waals surface area (Å²) in [5.41, 5.74) is 2.66. The minimum Gasteiger partial charge on any atom is -0.369 e. The Labute approximate surface area is 134 Å². The van der Waals surface area contributed by atoms with Crippen LogP contribution >= 0.6 is 11.6 Å². The van der Waals surface area contributed by atoms with Crippen LogP contribution in [0.25, 0.3) is 0 Å². The van der Waals surface area contributed by atoms with Crippen molar-refractivity contribution < 1.29 is 0 Å². The first-order chi connectivity index (χ1) is 9.97. The number of rotatable bonds is 8. The van der Waals surface area contributed by atoms with Gasteiger partial charge in [0.1, 0.15) is 0 Å². The van der Waals surface area contributed by atoms with Gasteiger partial charge in [0, 0.05) is 29.8 Å². The van der Waals surface area contributed by atoms with E-state index in [-0.39, 0.29) is 0 Å². The molecule has 1 N–H and O–H groups in total. The van der Waals surface area contributed by atoms with Gasteiger partial charge in [-0.25, -0.2) is 0 Å². The maximum atomic E-state index is 6.26. The third-order valence-electron chi connectivity index (χ3n) is 4.00. The summed E-state index contributed by atoms with van der Waals surface area (Å²) in [5, 5.41) is 4.39. The fraction of sp³-hybridized carbons (Fsp3) is 0.667. The van der Waals surface area contributed by atoms with Crippen molar-refractivity contribution in [2.45, 2.75) is 53.1 Å². The van der Waals surface area contributed by atoms with Crippen molar-refractivity contribution in [3.8, 4) is 0 Å². The van der Waals surface area contributed by atoms with E-state index in [1.807, 2.05) is 6.07 Å². The molecule has 0 aliphatic heterocycles. The van der Waals surface area contributed by atoms with E-state index in [4.69, 9.17) is 11.6 Å². The zero-order chi connectivity index (χ0) is 15.4. The fourth-order valence-electron chi connectivity index (χ4n) is 2.62. The molecule has 0 unspecified atom stereocenters. The lowest BCUT2D eigenvalue weighted by molar-refractivity contribution is 0.550. The quantitative estimate of drug-likeness (QED) is 0.748. The van der Waals surface area contributed by atoms with Crippen molar-refractivity contribution in [3.63, 3.8) is 0 Å². The Morgan fingerprint density at radius 1 is 1.24 bits per heavy atom. The largest absolute Gasteiger partial charge is 0.369 e. The molecule has 3 heteroatoms. The van der Waals surface area contributed by atoms with Gasteiger partial charge in [0.15, 0.2) is 0 Å². The van der Waals surface area contributed by atoms with Crippen molar-refractivity contribution in [2.24, 2.45) is 11.8 Å². The normalized spacial score (nSPS) is 15.0. The molecule has 0 atom stereocenters. The zero-order valence-corrected chi connectivity index (χ0v) is 14.6. The van der Waals surface area contributed by atoms with E-state index in [1.54, 1.807) is 0 Å². The topological polar surface area (TPSA) is 15.3 Å². The van der Waals surface area contributed by atoms with Crippen molar-refractivity contribution in [1.82, 2.24) is 5.32 Å². The van der Waals surface area contributed by atoms with E-state index in [2.05, 4.69) is 50.0 Å². The SMILES string of the molecule is CC(C)CNCc1ccc(Cl)cc1N(CC1CC1)C(C)C. The Bertz CT molecular complexity index is 453. The van der Waals surface area contributed by atoms with E-state index in [0.29, 0.717) is 12.0 Å². The van der Waals surface area contributed by atoms with Crippen LogP contribution in [0.1, 0.15) is 46.1 Å². The molecule has 1 aliphatic carbocycles. The second-order valence-electron chi connectivity index (χ2n) is 6.99. The van der Waals surface area contributed by atoms with E-state index in [9.17, 15) is 0 Å². The lowest BCUT2D eigenvalue weighted by Gasteiger charge is -2.31. The lowest BCUT2D eigenvalue weighted by Crippen LogP contribution is -2.34. The third-order valence-corrected chi connectivity index (χ3v) is 4.24. The van der Waals surface area contributed by atoms with Crippen LogP contribution in [-0.4, -0.2) is 19.1 Å². The maximum absolute atomic E-state index is 6.26. The van der Waals surface area contributed by atoms with Crippen molar-refractivity contribution in [3.05, 3.63) is 28.8 Å². The van der Waals surface area contributed by atoms with Crippen LogP contribution in [-0.2, 0) is 6.54 Å². The molecular formula is C18H29ClN2. The van der Waals surface area contributed by atoms with Crippen LogP contribution in [0.4, 0.5) is 5.69 Å². The number of halogens is 1. The van der Waals surface area contributed by atoms with Gasteiger partial charge >= 0.3 is 0 Å². The van der Waals surface area contributed by atoms with Crippen LogP contribution in [0.5, 0.6) is 0 Å². The van der Waals surface area contributed by atoms with Gasteiger partial charge in [0.2, 0.25) is 0 Å². The predicted molar refractivity (Wildman–Crippen MR) is 93.2 cm³/mol. The summed E-state index contributed by atoms with van der Waals surface area (Å²) in [4.78, 5) is 2.52. The minimum atomic E-state index is 0.507. The van der Waals surface area contributed by atoms with Gasteiger partial charge in [-0.15, -0.1) is 0 Å². The molecule has 1 fully saturated rings. The molecule has 2 nitrogen and oxygen atoms in total. The van der Waals surface area contributed by atoms with Crippen LogP contribution < -0.4 is 10.2 Å². The second-order valence-corrected chi connectivity index (χ2v) is 7.42. The number of benzene rings is 1. The number of hydrogen-bond donors (Lipinski definition) is 1. The molecule has 0 aromatic heterocycles. The Morgan fingerprint density at radius 2 is 1.95 bits per heavy atom. The predicted octanol–water partition coefficient (Wildman–Crippen LogP) is 4.71. The standard InChI is InChI=1S/C18H29ClN2/c1-13(2)10-20-11-16-7-8-17(19)9-18(16)21(14(3)4)12-15-5-6-15/h7-9,13-15,20H,5-6,10-12H2,1-4H3. The number of anilines is 1. The molecule has 0 spiro atoms. The van der Waals surface area contributed by atoms with Gasteiger partial charge < -0.3 is 10.2 Å². The fourth-order valence-corrected chi connectivity index (χ4v) is 2.78. The highest BCUT2D eigenvalue weighted by Crippen LogP contribution is 2.34. The average Bonchev–Trinajstić information content (AvgIpc) is 3.21. The number of nitrogens with zero attached hydrogens (tertiary/aromatic N) is 1. The summed E-state index contributed by atoms with van der Waals surface area (Å²) in [5.74, 6) is 1.55. The molecule has 0 saturated heterocycles. The van der Waals surface area contributed by atoms with Crippen LogP contribution in [0, 0.1) is 11.8 Å². The molecule has 2 rings (SSSR count). The highest BCUT2D eigenvalue weighted by atomic mass is 35.5. The molecule has 21 heavy (non-hydrogen) atoms. The molecule has 0 bridgehead atoms. The summed E-state index contributed by atoms with van der Waals surface area (Å²) < 4.78 is 0. The van der Waals surface area contributed by atoms with Crippen molar-refractivity contribution in [2.75, 3.05) is 18.0 Å². The first-order valence-electron chi connectivity index (χ1n) is 8.23. The van der Waals surface area contributed by atoms with Gasteiger partial charge in [-0.2, -0.15) is 0 Å². The Morgan fingerprint density at radius 3 is 2.52 bits per heavy atom. The first kappa shape index (κ1) is 16.6. The highest BCUT2D eigenvalue weighted by Gasteiger charge is 2.26. The third kappa shape index (κ3) is 5.19. The van der Waals surface area contributed by atoms with E-state index in [1.165, 1.54) is 24.1 Å². The monoisotopic (exact) mass is 308 g/mol. The van der Waals surface area contributed by atoms with Gasteiger partial charge in [-0.3, -0.25) is 0 Å². The van der Waals surface area contributed by atoms with Crippen molar-refractivity contribution in [1.29, 1.82) is 0 Å². The van der Waals surface area contributed by atoms with E-state index in [0.717, 1.165) is 30.6 Å². The summed E-state index contributed by atoms with van der Waals surface area (Å²) >= 11 is 6.26. The molecule has 1 aromatic rings. The Hall–Kier alpha value is -0.730. The van der Waals surface area contributed by atoms with Crippen LogP contribution in [0.15, 0.2) is 18.2 Å². The number of nitrogens with one attached hydrogen (secondary N) is 1. The summed E-state index contributed by atoms with van der Waals surface area (Å²) in [7, 11) is 0. The average molecular weight is 309 g/mol.